The zero-order chi connectivity index (χ0) is 16.6. The molecule has 0 unspecified atom stereocenters. The molecule has 1 aromatic rings. The number of amides is 1. The maximum Gasteiger partial charge on any atom is 0.410 e. The Morgan fingerprint density at radius 3 is 3.09 bits per heavy atom. The summed E-state index contributed by atoms with van der Waals surface area (Å²) in [4.78, 5) is 25.5. The van der Waals surface area contributed by atoms with Crippen LogP contribution in [0.4, 0.5) is 14.9 Å². The number of rotatable bonds is 2. The number of thioether (sulfide) groups is 1. The average molecular weight is 341 g/mol. The fourth-order valence-electron chi connectivity index (χ4n) is 2.79. The monoisotopic (exact) mass is 341 g/mol. The maximum atomic E-state index is 14.3. The van der Waals surface area contributed by atoms with Gasteiger partial charge in [-0.25, -0.2) is 14.2 Å². The van der Waals surface area contributed by atoms with Crippen LogP contribution in [-0.2, 0) is 10.3 Å². The molecular weight excluding hydrogens is 329 g/mol. The molecule has 0 spiro atoms. The van der Waals surface area contributed by atoms with Crippen molar-refractivity contribution < 1.29 is 24.0 Å². The number of ether oxygens (including phenoxy) is 1. The van der Waals surface area contributed by atoms with Gasteiger partial charge in [-0.2, -0.15) is 0 Å². The van der Waals surface area contributed by atoms with Crippen molar-refractivity contribution in [3.05, 3.63) is 39.7 Å². The van der Waals surface area contributed by atoms with E-state index in [1.165, 1.54) is 11.8 Å². The van der Waals surface area contributed by atoms with Crippen LogP contribution in [0, 0.1) is 21.8 Å². The third-order valence-electron chi connectivity index (χ3n) is 3.88. The van der Waals surface area contributed by atoms with Gasteiger partial charge in [0.15, 0.2) is 5.17 Å². The normalized spacial score (nSPS) is 26.3. The molecule has 2 heterocycles. The predicted octanol–water partition coefficient (Wildman–Crippen LogP) is 1.95. The molecule has 0 aromatic heterocycles. The molecule has 0 bridgehead atoms. The van der Waals surface area contributed by atoms with Crippen molar-refractivity contribution >= 4 is 28.7 Å². The molecule has 122 valence electrons. The molecule has 0 radical (unpaired) electrons. The van der Waals surface area contributed by atoms with Gasteiger partial charge in [-0.05, 0) is 6.07 Å². The van der Waals surface area contributed by atoms with Crippen LogP contribution in [0.2, 0.25) is 0 Å². The Morgan fingerprint density at radius 1 is 1.61 bits per heavy atom. The van der Waals surface area contributed by atoms with Gasteiger partial charge in [-0.15, -0.1) is 0 Å². The van der Waals surface area contributed by atoms with Gasteiger partial charge in [0.1, 0.15) is 11.4 Å². The number of carboxylic acid groups (broad SMARTS) is 1. The number of non-ortho nitro benzene ring substituents is 1. The topological polar surface area (TPSA) is 114 Å². The van der Waals surface area contributed by atoms with E-state index in [0.29, 0.717) is 12.4 Å². The molecule has 1 amide bonds. The minimum atomic E-state index is -1.27. The lowest BCUT2D eigenvalue weighted by atomic mass is 9.81. The van der Waals surface area contributed by atoms with Gasteiger partial charge in [-0.3, -0.25) is 15.4 Å². The van der Waals surface area contributed by atoms with Crippen LogP contribution in [0.3, 0.4) is 0 Å². The number of nitrogens with zero attached hydrogens (tertiary/aromatic N) is 2. The Bertz CT molecular complexity index is 713. The second kappa shape index (κ2) is 5.78. The largest absolute Gasteiger partial charge is 0.465 e. The maximum absolute atomic E-state index is 14.3. The Hall–Kier alpha value is -2.20. The van der Waals surface area contributed by atoms with Crippen molar-refractivity contribution in [2.45, 2.75) is 5.54 Å². The molecule has 23 heavy (non-hydrogen) atoms. The van der Waals surface area contributed by atoms with Crippen LogP contribution in [0.15, 0.2) is 23.2 Å². The number of nitrogens with one attached hydrogen (secondary N) is 1. The summed E-state index contributed by atoms with van der Waals surface area (Å²) in [5.41, 5.74) is -1.35. The van der Waals surface area contributed by atoms with Crippen LogP contribution in [0.1, 0.15) is 5.56 Å². The number of fused-ring (bicyclic) bond motifs is 1. The second-order valence-corrected chi connectivity index (χ2v) is 6.22. The predicted molar refractivity (Wildman–Crippen MR) is 80.1 cm³/mol. The standard InChI is InChI=1S/C13H12FN3O5S/c14-10-2-1-8(17(20)21)3-9(10)13-6-22-4-7(13)5-23-11(16-13)15-12(18)19/h1-3,7H,4-6H2,(H,15,16)(H,18,19)/t7-,13-/m0/s1. The highest BCUT2D eigenvalue weighted by Crippen LogP contribution is 2.46. The zero-order valence-corrected chi connectivity index (χ0v) is 12.5. The first-order valence-corrected chi connectivity index (χ1v) is 7.66. The summed E-state index contributed by atoms with van der Waals surface area (Å²) in [6.45, 7) is 0.375. The first kappa shape index (κ1) is 15.7. The fourth-order valence-corrected chi connectivity index (χ4v) is 3.90. The van der Waals surface area contributed by atoms with E-state index in [4.69, 9.17) is 9.84 Å². The summed E-state index contributed by atoms with van der Waals surface area (Å²) in [7, 11) is 0. The number of nitro groups is 1. The quantitative estimate of drug-likeness (QED) is 0.628. The van der Waals surface area contributed by atoms with Crippen LogP contribution >= 0.6 is 11.8 Å². The van der Waals surface area contributed by atoms with E-state index in [-0.39, 0.29) is 28.9 Å². The zero-order valence-electron chi connectivity index (χ0n) is 11.7. The van der Waals surface area contributed by atoms with Gasteiger partial charge in [0.2, 0.25) is 0 Å². The van der Waals surface area contributed by atoms with E-state index in [1.54, 1.807) is 0 Å². The van der Waals surface area contributed by atoms with Crippen LogP contribution < -0.4 is 5.32 Å². The lowest BCUT2D eigenvalue weighted by Gasteiger charge is -2.34. The Kier molecular flexibility index (Phi) is 3.94. The third-order valence-corrected chi connectivity index (χ3v) is 4.92. The molecule has 2 aliphatic heterocycles. The minimum Gasteiger partial charge on any atom is -0.465 e. The average Bonchev–Trinajstić information content (AvgIpc) is 2.90. The lowest BCUT2D eigenvalue weighted by Crippen LogP contribution is -2.42. The van der Waals surface area contributed by atoms with Gasteiger partial charge in [0, 0.05) is 29.4 Å². The molecule has 2 N–H and O–H groups in total. The molecule has 2 atom stereocenters. The number of benzene rings is 1. The van der Waals surface area contributed by atoms with E-state index in [1.807, 2.05) is 0 Å². The van der Waals surface area contributed by atoms with Crippen molar-refractivity contribution in [2.24, 2.45) is 10.9 Å². The smallest absolute Gasteiger partial charge is 0.410 e. The van der Waals surface area contributed by atoms with E-state index >= 15 is 0 Å². The van der Waals surface area contributed by atoms with E-state index < -0.39 is 22.4 Å². The Morgan fingerprint density at radius 2 is 2.39 bits per heavy atom. The molecule has 3 rings (SSSR count). The molecule has 2 aliphatic rings. The van der Waals surface area contributed by atoms with Crippen molar-refractivity contribution in [1.29, 1.82) is 0 Å². The molecule has 1 fully saturated rings. The Balaban J connectivity index is 2.11. The fraction of sp³-hybridized carbons (Fsp3) is 0.385. The van der Waals surface area contributed by atoms with Crippen LogP contribution in [0.5, 0.6) is 0 Å². The number of amidine groups is 1. The number of halogens is 1. The lowest BCUT2D eigenvalue weighted by molar-refractivity contribution is -0.385. The molecule has 1 aromatic carbocycles. The number of carbonyl (C=O) groups is 1. The molecule has 8 nitrogen and oxygen atoms in total. The number of hydrogen-bond acceptors (Lipinski definition) is 6. The molecular formula is C13H12FN3O5S. The first-order chi connectivity index (χ1) is 10.9. The highest BCUT2D eigenvalue weighted by atomic mass is 32.2. The third kappa shape index (κ3) is 2.75. The summed E-state index contributed by atoms with van der Waals surface area (Å²) in [6.07, 6.45) is -1.27. The summed E-state index contributed by atoms with van der Waals surface area (Å²) in [5.74, 6) is -0.346. The van der Waals surface area contributed by atoms with Crippen LogP contribution in [-0.4, -0.2) is 40.3 Å². The van der Waals surface area contributed by atoms with Gasteiger partial charge in [-0.1, -0.05) is 11.8 Å². The second-order valence-electron chi connectivity index (χ2n) is 5.22. The van der Waals surface area contributed by atoms with E-state index in [0.717, 1.165) is 18.2 Å². The van der Waals surface area contributed by atoms with E-state index in [2.05, 4.69) is 10.3 Å². The minimum absolute atomic E-state index is 0.0428. The van der Waals surface area contributed by atoms with Gasteiger partial charge in [0.25, 0.3) is 5.69 Å². The SMILES string of the molecule is O=C(O)NC1=N[C@@]2(c3cc([N+](=O)[O-])ccc3F)COC[C@H]2CS1. The van der Waals surface area contributed by atoms with Crippen molar-refractivity contribution in [3.8, 4) is 0 Å². The summed E-state index contributed by atoms with van der Waals surface area (Å²) in [6, 6.07) is 3.26. The van der Waals surface area contributed by atoms with Crippen molar-refractivity contribution in [3.63, 3.8) is 0 Å². The highest BCUT2D eigenvalue weighted by Gasteiger charge is 2.50. The number of hydrogen-bond donors (Lipinski definition) is 2. The number of nitro benzene ring substituents is 1. The van der Waals surface area contributed by atoms with Crippen molar-refractivity contribution in [1.82, 2.24) is 5.32 Å². The Labute approximate surface area is 133 Å². The molecule has 0 saturated carbocycles. The summed E-state index contributed by atoms with van der Waals surface area (Å²) < 4.78 is 19.8. The molecule has 10 heteroatoms. The van der Waals surface area contributed by atoms with Gasteiger partial charge >= 0.3 is 6.09 Å². The summed E-state index contributed by atoms with van der Waals surface area (Å²) in [5, 5.41) is 22.1. The number of aliphatic imine (C=N–C) groups is 1. The molecule has 1 saturated heterocycles. The highest BCUT2D eigenvalue weighted by molar-refractivity contribution is 8.13. The van der Waals surface area contributed by atoms with Gasteiger partial charge in [0.05, 0.1) is 18.1 Å². The van der Waals surface area contributed by atoms with Gasteiger partial charge < -0.3 is 9.84 Å². The summed E-state index contributed by atoms with van der Waals surface area (Å²) >= 11 is 1.20. The van der Waals surface area contributed by atoms with E-state index in [9.17, 15) is 19.3 Å². The van der Waals surface area contributed by atoms with Crippen molar-refractivity contribution in [2.75, 3.05) is 19.0 Å². The first-order valence-electron chi connectivity index (χ1n) is 6.67. The molecule has 0 aliphatic carbocycles. The van der Waals surface area contributed by atoms with Crippen LogP contribution in [0.25, 0.3) is 0 Å².